The van der Waals surface area contributed by atoms with Crippen molar-refractivity contribution in [2.45, 2.75) is 12.5 Å². The van der Waals surface area contributed by atoms with Crippen LogP contribution in [-0.2, 0) is 20.7 Å². The van der Waals surface area contributed by atoms with Crippen LogP contribution in [0.2, 0.25) is 5.02 Å². The standard InChI is InChI=1S/C14H14ClNO4S/c1-20-6-11(14(18)19)16-13(17)4-8-7-21-12-3-2-9(15)5-10(8)12/h2-3,5,7,11H,4,6H2,1H3,(H,16,17)(H,18,19). The van der Waals surface area contributed by atoms with E-state index in [0.717, 1.165) is 15.6 Å². The summed E-state index contributed by atoms with van der Waals surface area (Å²) >= 11 is 7.48. The third-order valence-corrected chi connectivity index (χ3v) is 4.18. The molecule has 1 aromatic heterocycles. The predicted octanol–water partition coefficient (Wildman–Crippen LogP) is 2.31. The van der Waals surface area contributed by atoms with Crippen LogP contribution >= 0.6 is 22.9 Å². The number of hydrogen-bond acceptors (Lipinski definition) is 4. The SMILES string of the molecule is COCC(NC(=O)Cc1csc2ccc(Cl)cc12)C(=O)O. The minimum Gasteiger partial charge on any atom is -0.480 e. The zero-order valence-corrected chi connectivity index (χ0v) is 12.8. The van der Waals surface area contributed by atoms with E-state index in [1.54, 1.807) is 12.1 Å². The summed E-state index contributed by atoms with van der Waals surface area (Å²) in [5, 5.41) is 14.8. The number of methoxy groups -OCH3 is 1. The third-order valence-electron chi connectivity index (χ3n) is 2.93. The molecule has 1 atom stereocenters. The van der Waals surface area contributed by atoms with E-state index < -0.39 is 12.0 Å². The van der Waals surface area contributed by atoms with E-state index in [4.69, 9.17) is 21.4 Å². The highest BCUT2D eigenvalue weighted by molar-refractivity contribution is 7.17. The van der Waals surface area contributed by atoms with E-state index in [1.807, 2.05) is 11.4 Å². The second-order valence-electron chi connectivity index (χ2n) is 4.49. The summed E-state index contributed by atoms with van der Waals surface area (Å²) in [6.07, 6.45) is 0.105. The summed E-state index contributed by atoms with van der Waals surface area (Å²) in [5.74, 6) is -1.48. The number of halogens is 1. The lowest BCUT2D eigenvalue weighted by Gasteiger charge is -2.13. The van der Waals surface area contributed by atoms with Crippen LogP contribution in [0, 0.1) is 0 Å². The summed E-state index contributed by atoms with van der Waals surface area (Å²) < 4.78 is 5.81. The Morgan fingerprint density at radius 1 is 1.48 bits per heavy atom. The van der Waals surface area contributed by atoms with Gasteiger partial charge in [0.2, 0.25) is 5.91 Å². The van der Waals surface area contributed by atoms with Crippen LogP contribution in [0.4, 0.5) is 0 Å². The van der Waals surface area contributed by atoms with Gasteiger partial charge in [-0.2, -0.15) is 0 Å². The van der Waals surface area contributed by atoms with Crippen molar-refractivity contribution in [2.24, 2.45) is 0 Å². The molecule has 5 nitrogen and oxygen atoms in total. The molecule has 21 heavy (non-hydrogen) atoms. The van der Waals surface area contributed by atoms with Crippen molar-refractivity contribution >= 4 is 44.9 Å². The van der Waals surface area contributed by atoms with Gasteiger partial charge in [0.25, 0.3) is 0 Å². The Bertz CT molecular complexity index is 670. The van der Waals surface area contributed by atoms with Crippen molar-refractivity contribution in [1.82, 2.24) is 5.32 Å². The van der Waals surface area contributed by atoms with Crippen LogP contribution in [0.15, 0.2) is 23.6 Å². The second kappa shape index (κ2) is 6.89. The lowest BCUT2D eigenvalue weighted by molar-refractivity contribution is -0.143. The number of fused-ring (bicyclic) bond motifs is 1. The number of ether oxygens (including phenoxy) is 1. The first kappa shape index (κ1) is 15.8. The molecular formula is C14H14ClNO4S. The molecule has 0 bridgehead atoms. The van der Waals surface area contributed by atoms with Crippen LogP contribution in [-0.4, -0.2) is 36.7 Å². The zero-order chi connectivity index (χ0) is 15.4. The molecule has 0 aliphatic rings. The number of nitrogens with one attached hydrogen (secondary N) is 1. The van der Waals surface area contributed by atoms with Crippen molar-refractivity contribution in [3.63, 3.8) is 0 Å². The smallest absolute Gasteiger partial charge is 0.328 e. The molecule has 7 heteroatoms. The van der Waals surface area contributed by atoms with Crippen LogP contribution in [0.3, 0.4) is 0 Å². The fourth-order valence-electron chi connectivity index (χ4n) is 1.95. The summed E-state index contributed by atoms with van der Waals surface area (Å²) in [6, 6.07) is 4.45. The molecule has 2 rings (SSSR count). The van der Waals surface area contributed by atoms with Gasteiger partial charge in [0.15, 0.2) is 6.04 Å². The summed E-state index contributed by atoms with van der Waals surface area (Å²) in [5.41, 5.74) is 0.830. The number of carboxylic acid groups (broad SMARTS) is 1. The first-order valence-corrected chi connectivity index (χ1v) is 7.43. The maximum absolute atomic E-state index is 12.0. The largest absolute Gasteiger partial charge is 0.480 e. The minimum atomic E-state index is -1.12. The van der Waals surface area contributed by atoms with Crippen LogP contribution in [0.1, 0.15) is 5.56 Å². The highest BCUT2D eigenvalue weighted by Crippen LogP contribution is 2.28. The Morgan fingerprint density at radius 3 is 2.90 bits per heavy atom. The highest BCUT2D eigenvalue weighted by atomic mass is 35.5. The van der Waals surface area contributed by atoms with Crippen molar-refractivity contribution in [2.75, 3.05) is 13.7 Å². The molecule has 0 aliphatic heterocycles. The summed E-state index contributed by atoms with van der Waals surface area (Å²) in [6.45, 7) is -0.0721. The maximum atomic E-state index is 12.0. The number of carbonyl (C=O) groups excluding carboxylic acids is 1. The van der Waals surface area contributed by atoms with Gasteiger partial charge in [0, 0.05) is 16.8 Å². The average Bonchev–Trinajstić information content (AvgIpc) is 2.80. The van der Waals surface area contributed by atoms with Crippen LogP contribution in [0.25, 0.3) is 10.1 Å². The van der Waals surface area contributed by atoms with Gasteiger partial charge in [-0.25, -0.2) is 4.79 Å². The van der Waals surface area contributed by atoms with Crippen LogP contribution < -0.4 is 5.32 Å². The molecule has 0 saturated heterocycles. The number of hydrogen-bond donors (Lipinski definition) is 2. The minimum absolute atomic E-state index is 0.0721. The number of benzene rings is 1. The van der Waals surface area contributed by atoms with E-state index in [9.17, 15) is 9.59 Å². The molecular weight excluding hydrogens is 314 g/mol. The topological polar surface area (TPSA) is 75.6 Å². The molecule has 0 fully saturated rings. The molecule has 1 unspecified atom stereocenters. The lowest BCUT2D eigenvalue weighted by Crippen LogP contribution is -2.44. The maximum Gasteiger partial charge on any atom is 0.328 e. The van der Waals surface area contributed by atoms with Gasteiger partial charge in [-0.15, -0.1) is 11.3 Å². The Labute approximate surface area is 130 Å². The Hall–Kier alpha value is -1.63. The second-order valence-corrected chi connectivity index (χ2v) is 5.84. The molecule has 112 valence electrons. The molecule has 1 aromatic carbocycles. The number of aliphatic carboxylic acids is 1. The van der Waals surface area contributed by atoms with E-state index in [1.165, 1.54) is 18.4 Å². The lowest BCUT2D eigenvalue weighted by atomic mass is 10.1. The molecule has 0 aliphatic carbocycles. The Balaban J connectivity index is 2.10. The number of carboxylic acids is 1. The van der Waals surface area contributed by atoms with Crippen molar-refractivity contribution in [3.8, 4) is 0 Å². The quantitative estimate of drug-likeness (QED) is 0.853. The van der Waals surface area contributed by atoms with E-state index in [0.29, 0.717) is 5.02 Å². The fourth-order valence-corrected chi connectivity index (χ4v) is 3.07. The van der Waals surface area contributed by atoms with Gasteiger partial charge < -0.3 is 15.2 Å². The van der Waals surface area contributed by atoms with E-state index in [-0.39, 0.29) is 18.9 Å². The predicted molar refractivity (Wildman–Crippen MR) is 82.0 cm³/mol. The Kier molecular flexibility index (Phi) is 5.17. The normalized spacial score (nSPS) is 12.3. The molecule has 1 amide bonds. The fraction of sp³-hybridized carbons (Fsp3) is 0.286. The van der Waals surface area contributed by atoms with Crippen molar-refractivity contribution < 1.29 is 19.4 Å². The third kappa shape index (κ3) is 3.93. The monoisotopic (exact) mass is 327 g/mol. The number of amides is 1. The molecule has 2 N–H and O–H groups in total. The van der Waals surface area contributed by atoms with Gasteiger partial charge in [-0.1, -0.05) is 11.6 Å². The van der Waals surface area contributed by atoms with Gasteiger partial charge in [-0.3, -0.25) is 4.79 Å². The Morgan fingerprint density at radius 2 is 2.24 bits per heavy atom. The van der Waals surface area contributed by atoms with E-state index >= 15 is 0 Å². The molecule has 0 radical (unpaired) electrons. The van der Waals surface area contributed by atoms with Crippen molar-refractivity contribution in [1.29, 1.82) is 0 Å². The number of carbonyl (C=O) groups is 2. The number of thiophene rings is 1. The average molecular weight is 328 g/mol. The zero-order valence-electron chi connectivity index (χ0n) is 11.3. The molecule has 1 heterocycles. The van der Waals surface area contributed by atoms with Crippen molar-refractivity contribution in [3.05, 3.63) is 34.2 Å². The summed E-state index contributed by atoms with van der Waals surface area (Å²) in [4.78, 5) is 22.9. The first-order valence-electron chi connectivity index (χ1n) is 6.18. The first-order chi connectivity index (χ1) is 10.0. The van der Waals surface area contributed by atoms with Gasteiger partial charge in [-0.05, 0) is 34.5 Å². The molecule has 0 saturated carbocycles. The van der Waals surface area contributed by atoms with E-state index in [2.05, 4.69) is 5.32 Å². The highest BCUT2D eigenvalue weighted by Gasteiger charge is 2.20. The summed E-state index contributed by atoms with van der Waals surface area (Å²) in [7, 11) is 1.39. The van der Waals surface area contributed by atoms with Gasteiger partial charge in [0.1, 0.15) is 0 Å². The number of rotatable bonds is 6. The van der Waals surface area contributed by atoms with Gasteiger partial charge >= 0.3 is 5.97 Å². The van der Waals surface area contributed by atoms with Crippen LogP contribution in [0.5, 0.6) is 0 Å². The molecule has 0 spiro atoms. The molecule has 2 aromatic rings. The van der Waals surface area contributed by atoms with Gasteiger partial charge in [0.05, 0.1) is 13.0 Å².